The van der Waals surface area contributed by atoms with Crippen LogP contribution in [0.15, 0.2) is 29.3 Å². The number of benzene rings is 1. The van der Waals surface area contributed by atoms with Crippen molar-refractivity contribution in [2.24, 2.45) is 4.99 Å². The summed E-state index contributed by atoms with van der Waals surface area (Å²) in [5, 5.41) is 3.33. The third kappa shape index (κ3) is 7.03. The maximum Gasteiger partial charge on any atom is 0.194 e. The number of rotatable bonds is 5. The first-order chi connectivity index (χ1) is 14.2. The van der Waals surface area contributed by atoms with Gasteiger partial charge in [0.2, 0.25) is 0 Å². The highest BCUT2D eigenvalue weighted by Gasteiger charge is 2.40. The Kier molecular flexibility index (Phi) is 9.59. The largest absolute Gasteiger partial charge is 0.376 e. The van der Waals surface area contributed by atoms with Gasteiger partial charge in [0.15, 0.2) is 15.8 Å². The lowest BCUT2D eigenvalue weighted by molar-refractivity contribution is -0.0212. The summed E-state index contributed by atoms with van der Waals surface area (Å²) in [6, 6.07) is 8.57. The highest BCUT2D eigenvalue weighted by atomic mass is 127. The number of nitrogens with one attached hydrogen (secondary N) is 1. The average molecular weight is 565 g/mol. The van der Waals surface area contributed by atoms with Crippen LogP contribution in [0.2, 0.25) is 0 Å². The van der Waals surface area contributed by atoms with E-state index in [0.717, 1.165) is 44.3 Å². The van der Waals surface area contributed by atoms with Crippen molar-refractivity contribution < 1.29 is 13.2 Å². The lowest BCUT2D eigenvalue weighted by Gasteiger charge is -2.39. The molecule has 1 unspecified atom stereocenters. The molecule has 1 aromatic rings. The molecule has 1 aromatic carbocycles. The van der Waals surface area contributed by atoms with Crippen molar-refractivity contribution in [3.63, 3.8) is 0 Å². The summed E-state index contributed by atoms with van der Waals surface area (Å²) < 4.78 is 29.5. The van der Waals surface area contributed by atoms with E-state index < -0.39 is 14.6 Å². The standard InChI is InChI=1S/C22H36N4O3S.HI/c1-5-23-21(26-10-12-30(27,28)22(3,4)17-26)24-14-19-7-6-8-20(13-19)16-25-9-11-29-18(2)15-25;/h6-8,13,18H,5,9-12,14-17H2,1-4H3,(H,23,24);1H. The molecule has 2 saturated heterocycles. The number of ether oxygens (including phenoxy) is 1. The van der Waals surface area contributed by atoms with Crippen LogP contribution in [0.25, 0.3) is 0 Å². The second kappa shape index (κ2) is 11.3. The molecular weight excluding hydrogens is 527 g/mol. The van der Waals surface area contributed by atoms with Crippen LogP contribution in [0.1, 0.15) is 38.8 Å². The van der Waals surface area contributed by atoms with Crippen molar-refractivity contribution in [1.82, 2.24) is 15.1 Å². The van der Waals surface area contributed by atoms with Gasteiger partial charge in [-0.05, 0) is 38.8 Å². The lowest BCUT2D eigenvalue weighted by Crippen LogP contribution is -2.57. The Balaban J connectivity index is 0.00000341. The van der Waals surface area contributed by atoms with Gasteiger partial charge in [0.25, 0.3) is 0 Å². The quantitative estimate of drug-likeness (QED) is 0.337. The molecule has 0 bridgehead atoms. The van der Waals surface area contributed by atoms with Crippen LogP contribution < -0.4 is 5.32 Å². The molecule has 3 rings (SSSR count). The van der Waals surface area contributed by atoms with Crippen LogP contribution >= 0.6 is 24.0 Å². The summed E-state index contributed by atoms with van der Waals surface area (Å²) in [6.45, 7) is 13.6. The van der Waals surface area contributed by atoms with E-state index in [1.165, 1.54) is 5.56 Å². The average Bonchev–Trinajstić information content (AvgIpc) is 2.68. The Bertz CT molecular complexity index is 860. The first-order valence-electron chi connectivity index (χ1n) is 10.9. The molecule has 0 spiro atoms. The fraction of sp³-hybridized carbons (Fsp3) is 0.682. The maximum atomic E-state index is 12.3. The molecule has 2 heterocycles. The molecule has 1 atom stereocenters. The number of morpholine rings is 1. The molecule has 176 valence electrons. The molecule has 0 saturated carbocycles. The van der Waals surface area contributed by atoms with Crippen molar-refractivity contribution >= 4 is 39.8 Å². The van der Waals surface area contributed by atoms with E-state index in [9.17, 15) is 8.42 Å². The summed E-state index contributed by atoms with van der Waals surface area (Å²) in [5.41, 5.74) is 2.44. The summed E-state index contributed by atoms with van der Waals surface area (Å²) in [6.07, 6.45) is 0.284. The Morgan fingerprint density at radius 1 is 1.29 bits per heavy atom. The number of sulfone groups is 1. The molecule has 0 radical (unpaired) electrons. The van der Waals surface area contributed by atoms with Gasteiger partial charge < -0.3 is 15.0 Å². The van der Waals surface area contributed by atoms with Gasteiger partial charge in [0.1, 0.15) is 0 Å². The molecule has 31 heavy (non-hydrogen) atoms. The second-order valence-electron chi connectivity index (χ2n) is 8.91. The summed E-state index contributed by atoms with van der Waals surface area (Å²) in [7, 11) is -3.07. The van der Waals surface area contributed by atoms with Crippen LogP contribution in [-0.2, 0) is 27.7 Å². The Morgan fingerprint density at radius 2 is 2.03 bits per heavy atom. The fourth-order valence-electron chi connectivity index (χ4n) is 4.04. The highest BCUT2D eigenvalue weighted by Crippen LogP contribution is 2.24. The zero-order chi connectivity index (χ0) is 21.8. The molecule has 2 fully saturated rings. The van der Waals surface area contributed by atoms with Crippen molar-refractivity contribution in [2.45, 2.75) is 51.6 Å². The Hall–Kier alpha value is -0.910. The molecule has 2 aliphatic heterocycles. The molecule has 1 N–H and O–H groups in total. The molecule has 0 aromatic heterocycles. The zero-order valence-corrected chi connectivity index (χ0v) is 22.3. The van der Waals surface area contributed by atoms with E-state index in [-0.39, 0.29) is 35.8 Å². The van der Waals surface area contributed by atoms with Crippen LogP contribution in [0.3, 0.4) is 0 Å². The van der Waals surface area contributed by atoms with E-state index in [0.29, 0.717) is 19.6 Å². The smallest absolute Gasteiger partial charge is 0.194 e. The predicted molar refractivity (Wildman–Crippen MR) is 137 cm³/mol. The maximum absolute atomic E-state index is 12.3. The number of halogens is 1. The van der Waals surface area contributed by atoms with Gasteiger partial charge in [0.05, 0.1) is 29.8 Å². The summed E-state index contributed by atoms with van der Waals surface area (Å²) in [4.78, 5) is 9.32. The topological polar surface area (TPSA) is 74.2 Å². The first kappa shape index (κ1) is 26.3. The van der Waals surface area contributed by atoms with Crippen LogP contribution in [0.5, 0.6) is 0 Å². The highest BCUT2D eigenvalue weighted by molar-refractivity contribution is 14.0. The molecule has 9 heteroatoms. The second-order valence-corrected chi connectivity index (χ2v) is 11.6. The molecule has 0 amide bonds. The number of hydrogen-bond donors (Lipinski definition) is 1. The van der Waals surface area contributed by atoms with Crippen molar-refractivity contribution in [1.29, 1.82) is 0 Å². The molecule has 7 nitrogen and oxygen atoms in total. The van der Waals surface area contributed by atoms with Crippen molar-refractivity contribution in [3.8, 4) is 0 Å². The number of nitrogens with zero attached hydrogens (tertiary/aromatic N) is 3. The van der Waals surface area contributed by atoms with E-state index in [2.05, 4.69) is 46.3 Å². The van der Waals surface area contributed by atoms with Gasteiger partial charge in [-0.15, -0.1) is 24.0 Å². The van der Waals surface area contributed by atoms with E-state index in [1.54, 1.807) is 13.8 Å². The van der Waals surface area contributed by atoms with Gasteiger partial charge >= 0.3 is 0 Å². The monoisotopic (exact) mass is 564 g/mol. The minimum absolute atomic E-state index is 0. The SMILES string of the molecule is CCNC(=NCc1cccc(CN2CCOC(C)C2)c1)N1CCS(=O)(=O)C(C)(C)C1.I. The van der Waals surface area contributed by atoms with Crippen LogP contribution in [0, 0.1) is 0 Å². The molecule has 2 aliphatic rings. The lowest BCUT2D eigenvalue weighted by atomic mass is 10.1. The van der Waals surface area contributed by atoms with Gasteiger partial charge in [-0.25, -0.2) is 13.4 Å². The van der Waals surface area contributed by atoms with Crippen LogP contribution in [-0.4, -0.2) is 80.1 Å². The van der Waals surface area contributed by atoms with Gasteiger partial charge in [-0.3, -0.25) is 4.90 Å². The predicted octanol–water partition coefficient (Wildman–Crippen LogP) is 2.50. The van der Waals surface area contributed by atoms with E-state index in [1.807, 2.05) is 6.92 Å². The van der Waals surface area contributed by atoms with Gasteiger partial charge in [0, 0.05) is 39.3 Å². The number of hydrogen-bond acceptors (Lipinski definition) is 5. The summed E-state index contributed by atoms with van der Waals surface area (Å²) in [5.74, 6) is 0.950. The fourth-order valence-corrected chi connectivity index (χ4v) is 5.40. The molecular formula is C22H37IN4O3S. The van der Waals surface area contributed by atoms with Crippen LogP contribution in [0.4, 0.5) is 0 Å². The van der Waals surface area contributed by atoms with E-state index in [4.69, 9.17) is 9.73 Å². The van der Waals surface area contributed by atoms with E-state index >= 15 is 0 Å². The van der Waals surface area contributed by atoms with Crippen molar-refractivity contribution in [3.05, 3.63) is 35.4 Å². The minimum Gasteiger partial charge on any atom is -0.376 e. The Labute approximate surface area is 204 Å². The normalized spacial score (nSPS) is 23.8. The molecule has 0 aliphatic carbocycles. The number of guanidine groups is 1. The first-order valence-corrected chi connectivity index (χ1v) is 12.5. The third-order valence-electron chi connectivity index (χ3n) is 5.81. The Morgan fingerprint density at radius 3 is 2.71 bits per heavy atom. The third-order valence-corrected chi connectivity index (χ3v) is 8.35. The zero-order valence-electron chi connectivity index (χ0n) is 19.1. The van der Waals surface area contributed by atoms with Gasteiger partial charge in [-0.2, -0.15) is 0 Å². The van der Waals surface area contributed by atoms with Crippen molar-refractivity contribution in [2.75, 3.05) is 45.1 Å². The summed E-state index contributed by atoms with van der Waals surface area (Å²) >= 11 is 0. The van der Waals surface area contributed by atoms with Gasteiger partial charge in [-0.1, -0.05) is 24.3 Å². The number of aliphatic imine (C=N–C) groups is 1. The minimum atomic E-state index is -3.07.